The second-order valence-electron chi connectivity index (χ2n) is 2.72. The molecule has 0 bridgehead atoms. The molecule has 0 saturated carbocycles. The molecule has 1 aliphatic rings. The first-order chi connectivity index (χ1) is 5.57. The maximum absolute atomic E-state index is 9.23. The molecule has 0 radical (unpaired) electrons. The van der Waals surface area contributed by atoms with Crippen LogP contribution in [0.4, 0.5) is 0 Å². The Hall–Kier alpha value is 0.150. The lowest BCUT2D eigenvalue weighted by atomic mass is 10.0. The summed E-state index contributed by atoms with van der Waals surface area (Å²) >= 11 is 3.84. The normalized spacial score (nSPS) is 49.2. The number of rotatable bonds is 1. The molecule has 6 heteroatoms. The Kier molecular flexibility index (Phi) is 3.33. The van der Waals surface area contributed by atoms with Crippen molar-refractivity contribution in [2.75, 3.05) is 5.75 Å². The number of hydrogen-bond acceptors (Lipinski definition) is 6. The first-order valence-electron chi connectivity index (χ1n) is 3.56. The van der Waals surface area contributed by atoms with E-state index in [-0.39, 0.29) is 5.75 Å². The minimum absolute atomic E-state index is 0.169. The Bertz CT molecular complexity index is 150. The van der Waals surface area contributed by atoms with E-state index in [1.165, 1.54) is 0 Å². The van der Waals surface area contributed by atoms with E-state index in [1.54, 1.807) is 0 Å². The van der Waals surface area contributed by atoms with Crippen molar-refractivity contribution in [3.8, 4) is 0 Å². The van der Waals surface area contributed by atoms with Crippen LogP contribution in [0.1, 0.15) is 0 Å². The minimum Gasteiger partial charge on any atom is -0.388 e. The maximum Gasteiger partial charge on any atom is 0.183 e. The summed E-state index contributed by atoms with van der Waals surface area (Å²) in [5.74, 6) is 0.169. The van der Waals surface area contributed by atoms with Gasteiger partial charge in [-0.25, -0.2) is 0 Å². The number of aliphatic hydroxyl groups is 4. The summed E-state index contributed by atoms with van der Waals surface area (Å²) in [5, 5.41) is 36.4. The molecule has 0 aromatic carbocycles. The third-order valence-corrected chi connectivity index (χ3v) is 2.23. The zero-order valence-corrected chi connectivity index (χ0v) is 7.13. The SMILES string of the molecule is OC1OC(CS)[C@@H](O)[C@H](O)C1O. The van der Waals surface area contributed by atoms with Crippen LogP contribution < -0.4 is 0 Å². The predicted octanol–water partition coefficient (Wildman–Crippen LogP) is -2.28. The van der Waals surface area contributed by atoms with E-state index < -0.39 is 30.7 Å². The highest BCUT2D eigenvalue weighted by molar-refractivity contribution is 7.80. The zero-order valence-electron chi connectivity index (χ0n) is 6.24. The Morgan fingerprint density at radius 2 is 1.58 bits per heavy atom. The van der Waals surface area contributed by atoms with Gasteiger partial charge in [0.1, 0.15) is 18.3 Å². The van der Waals surface area contributed by atoms with Gasteiger partial charge in [0.2, 0.25) is 0 Å². The molecule has 1 rings (SSSR count). The Labute approximate surface area is 75.0 Å². The van der Waals surface area contributed by atoms with Crippen molar-refractivity contribution in [1.82, 2.24) is 0 Å². The van der Waals surface area contributed by atoms with Gasteiger partial charge in [0.05, 0.1) is 6.10 Å². The second kappa shape index (κ2) is 3.91. The van der Waals surface area contributed by atoms with Crippen LogP contribution in [0.2, 0.25) is 0 Å². The molecule has 0 aromatic heterocycles. The molecule has 0 spiro atoms. The number of aliphatic hydroxyl groups excluding tert-OH is 4. The summed E-state index contributed by atoms with van der Waals surface area (Å²) in [6.45, 7) is 0. The van der Waals surface area contributed by atoms with Gasteiger partial charge < -0.3 is 25.2 Å². The fourth-order valence-electron chi connectivity index (χ4n) is 1.08. The minimum atomic E-state index is -1.46. The van der Waals surface area contributed by atoms with Gasteiger partial charge in [0.15, 0.2) is 6.29 Å². The number of ether oxygens (including phenoxy) is 1. The van der Waals surface area contributed by atoms with Gasteiger partial charge in [-0.05, 0) is 0 Å². The van der Waals surface area contributed by atoms with Gasteiger partial charge in [0.25, 0.3) is 0 Å². The van der Waals surface area contributed by atoms with Gasteiger partial charge >= 0.3 is 0 Å². The predicted molar refractivity (Wildman–Crippen MR) is 42.8 cm³/mol. The number of thiol groups is 1. The van der Waals surface area contributed by atoms with Gasteiger partial charge in [-0.3, -0.25) is 0 Å². The van der Waals surface area contributed by atoms with E-state index in [4.69, 9.17) is 20.1 Å². The lowest BCUT2D eigenvalue weighted by molar-refractivity contribution is -0.276. The molecule has 0 aromatic rings. The van der Waals surface area contributed by atoms with Crippen LogP contribution in [0.3, 0.4) is 0 Å². The highest BCUT2D eigenvalue weighted by Gasteiger charge is 2.42. The van der Waals surface area contributed by atoms with E-state index in [9.17, 15) is 5.11 Å². The Balaban J connectivity index is 2.63. The molecular formula is C6H12O5S. The van der Waals surface area contributed by atoms with E-state index in [2.05, 4.69) is 12.6 Å². The molecule has 72 valence electrons. The van der Waals surface area contributed by atoms with Crippen molar-refractivity contribution in [2.24, 2.45) is 0 Å². The van der Waals surface area contributed by atoms with E-state index in [0.717, 1.165) is 0 Å². The van der Waals surface area contributed by atoms with Gasteiger partial charge in [-0.2, -0.15) is 12.6 Å². The Morgan fingerprint density at radius 3 is 2.08 bits per heavy atom. The van der Waals surface area contributed by atoms with Gasteiger partial charge in [-0.15, -0.1) is 0 Å². The largest absolute Gasteiger partial charge is 0.388 e. The molecule has 3 unspecified atom stereocenters. The monoisotopic (exact) mass is 196 g/mol. The lowest BCUT2D eigenvalue weighted by Crippen LogP contribution is -2.57. The highest BCUT2D eigenvalue weighted by atomic mass is 32.1. The van der Waals surface area contributed by atoms with Crippen molar-refractivity contribution in [3.05, 3.63) is 0 Å². The molecular weight excluding hydrogens is 184 g/mol. The quantitative estimate of drug-likeness (QED) is 0.305. The summed E-state index contributed by atoms with van der Waals surface area (Å²) in [4.78, 5) is 0. The van der Waals surface area contributed by atoms with E-state index in [1.807, 2.05) is 0 Å². The van der Waals surface area contributed by atoms with Crippen molar-refractivity contribution in [3.63, 3.8) is 0 Å². The average molecular weight is 196 g/mol. The van der Waals surface area contributed by atoms with Gasteiger partial charge in [-0.1, -0.05) is 0 Å². The standard InChI is InChI=1S/C6H12O5S/c7-3-2(1-12)11-6(10)5(9)4(3)8/h2-10,12H,1H2/t2?,3-,4+,5?,6?/m1/s1. The zero-order chi connectivity index (χ0) is 9.30. The first kappa shape index (κ1) is 10.2. The van der Waals surface area contributed by atoms with Crippen LogP contribution in [-0.2, 0) is 4.74 Å². The summed E-state index contributed by atoms with van der Waals surface area (Å²) in [6, 6.07) is 0. The summed E-state index contributed by atoms with van der Waals surface area (Å²) in [7, 11) is 0. The molecule has 1 saturated heterocycles. The van der Waals surface area contributed by atoms with Crippen molar-refractivity contribution in [2.45, 2.75) is 30.7 Å². The summed E-state index contributed by atoms with van der Waals surface area (Å²) < 4.78 is 4.75. The number of hydrogen-bond donors (Lipinski definition) is 5. The second-order valence-corrected chi connectivity index (χ2v) is 3.08. The molecule has 4 N–H and O–H groups in total. The topological polar surface area (TPSA) is 90.2 Å². The van der Waals surface area contributed by atoms with Crippen molar-refractivity contribution >= 4 is 12.6 Å². The molecule has 1 aliphatic heterocycles. The third kappa shape index (κ3) is 1.73. The molecule has 1 heterocycles. The Morgan fingerprint density at radius 1 is 1.00 bits per heavy atom. The van der Waals surface area contributed by atoms with Crippen LogP contribution >= 0.6 is 12.6 Å². The summed E-state index contributed by atoms with van der Waals surface area (Å²) in [6.07, 6.45) is -6.26. The first-order valence-corrected chi connectivity index (χ1v) is 4.19. The average Bonchev–Trinajstić information content (AvgIpc) is 2.08. The molecule has 0 aliphatic carbocycles. The molecule has 5 nitrogen and oxygen atoms in total. The van der Waals surface area contributed by atoms with Crippen LogP contribution in [0.15, 0.2) is 0 Å². The highest BCUT2D eigenvalue weighted by Crippen LogP contribution is 2.20. The van der Waals surface area contributed by atoms with E-state index >= 15 is 0 Å². The smallest absolute Gasteiger partial charge is 0.183 e. The lowest BCUT2D eigenvalue weighted by Gasteiger charge is -2.37. The van der Waals surface area contributed by atoms with Crippen LogP contribution in [0.25, 0.3) is 0 Å². The molecule has 1 fully saturated rings. The third-order valence-electron chi connectivity index (χ3n) is 1.87. The molecule has 5 atom stereocenters. The van der Waals surface area contributed by atoms with Crippen molar-refractivity contribution < 1.29 is 25.2 Å². The molecule has 0 amide bonds. The van der Waals surface area contributed by atoms with Crippen LogP contribution in [0, 0.1) is 0 Å². The van der Waals surface area contributed by atoms with Crippen LogP contribution in [-0.4, -0.2) is 56.9 Å². The summed E-state index contributed by atoms with van der Waals surface area (Å²) in [5.41, 5.74) is 0. The molecule has 12 heavy (non-hydrogen) atoms. The fourth-order valence-corrected chi connectivity index (χ4v) is 1.38. The fraction of sp³-hybridized carbons (Fsp3) is 1.00. The van der Waals surface area contributed by atoms with Crippen LogP contribution in [0.5, 0.6) is 0 Å². The van der Waals surface area contributed by atoms with E-state index in [0.29, 0.717) is 0 Å². The van der Waals surface area contributed by atoms with Crippen molar-refractivity contribution in [1.29, 1.82) is 0 Å². The van der Waals surface area contributed by atoms with Gasteiger partial charge in [0, 0.05) is 5.75 Å². The maximum atomic E-state index is 9.23.